The van der Waals surface area contributed by atoms with Gasteiger partial charge in [-0.25, -0.2) is 13.1 Å². The minimum absolute atomic E-state index is 0.319. The summed E-state index contributed by atoms with van der Waals surface area (Å²) in [4.78, 5) is 0.319. The van der Waals surface area contributed by atoms with Gasteiger partial charge in [0, 0.05) is 0 Å². The second-order valence-electron chi connectivity index (χ2n) is 3.10. The topological polar surface area (TPSA) is 46.2 Å². The monoisotopic (exact) mass is 213 g/mol. The molecule has 0 aromatic heterocycles. The number of hydrogen-bond acceptors (Lipinski definition) is 2. The van der Waals surface area contributed by atoms with Crippen molar-refractivity contribution < 1.29 is 8.42 Å². The van der Waals surface area contributed by atoms with E-state index in [0.29, 0.717) is 4.90 Å². The number of sulfonamides is 1. The molecule has 0 atom stereocenters. The number of hydrogen-bond donors (Lipinski definition) is 1. The van der Waals surface area contributed by atoms with Crippen LogP contribution < -0.4 is 4.72 Å². The molecule has 0 amide bonds. The standard InChI is InChI=1S/C10H15NO2S/c1-3-4-9-5-7-10(8-6-9)14(12,13)11-2/h5-8,11H,3-4H2,1-2H3. The van der Waals surface area contributed by atoms with Crippen molar-refractivity contribution in [1.29, 1.82) is 0 Å². The van der Waals surface area contributed by atoms with Crippen molar-refractivity contribution in [3.63, 3.8) is 0 Å². The summed E-state index contributed by atoms with van der Waals surface area (Å²) in [5, 5.41) is 0. The van der Waals surface area contributed by atoms with E-state index in [9.17, 15) is 8.42 Å². The van der Waals surface area contributed by atoms with Crippen LogP contribution in [-0.4, -0.2) is 15.5 Å². The van der Waals surface area contributed by atoms with Gasteiger partial charge in [-0.1, -0.05) is 25.5 Å². The molecule has 78 valence electrons. The minimum Gasteiger partial charge on any atom is -0.214 e. The molecule has 0 aliphatic heterocycles. The van der Waals surface area contributed by atoms with Crippen molar-refractivity contribution >= 4 is 10.0 Å². The Hall–Kier alpha value is -0.870. The Labute approximate surface area is 85.2 Å². The fraction of sp³-hybridized carbons (Fsp3) is 0.400. The van der Waals surface area contributed by atoms with Gasteiger partial charge in [0.25, 0.3) is 0 Å². The second kappa shape index (κ2) is 4.57. The lowest BCUT2D eigenvalue weighted by Gasteiger charge is -2.03. The van der Waals surface area contributed by atoms with Crippen LogP contribution in [0.4, 0.5) is 0 Å². The highest BCUT2D eigenvalue weighted by Gasteiger charge is 2.09. The van der Waals surface area contributed by atoms with Crippen molar-refractivity contribution in [3.8, 4) is 0 Å². The highest BCUT2D eigenvalue weighted by atomic mass is 32.2. The molecule has 0 bridgehead atoms. The number of rotatable bonds is 4. The maximum atomic E-state index is 11.4. The van der Waals surface area contributed by atoms with Crippen molar-refractivity contribution in [2.45, 2.75) is 24.7 Å². The van der Waals surface area contributed by atoms with Crippen molar-refractivity contribution in [3.05, 3.63) is 29.8 Å². The average molecular weight is 213 g/mol. The molecule has 4 heteroatoms. The summed E-state index contributed by atoms with van der Waals surface area (Å²) < 4.78 is 25.0. The quantitative estimate of drug-likeness (QED) is 0.824. The summed E-state index contributed by atoms with van der Waals surface area (Å²) in [7, 11) is -1.87. The Morgan fingerprint density at radius 1 is 1.21 bits per heavy atom. The normalized spacial score (nSPS) is 11.6. The number of aryl methyl sites for hydroxylation is 1. The van der Waals surface area contributed by atoms with Crippen LogP contribution in [0.3, 0.4) is 0 Å². The van der Waals surface area contributed by atoms with Crippen LogP contribution in [0.15, 0.2) is 29.2 Å². The third kappa shape index (κ3) is 2.56. The van der Waals surface area contributed by atoms with E-state index in [4.69, 9.17) is 0 Å². The van der Waals surface area contributed by atoms with Crippen molar-refractivity contribution in [2.75, 3.05) is 7.05 Å². The van der Waals surface area contributed by atoms with Gasteiger partial charge in [-0.2, -0.15) is 0 Å². The zero-order valence-corrected chi connectivity index (χ0v) is 9.26. The van der Waals surface area contributed by atoms with Gasteiger partial charge >= 0.3 is 0 Å². The molecule has 0 heterocycles. The van der Waals surface area contributed by atoms with Gasteiger partial charge in [0.05, 0.1) is 4.90 Å². The van der Waals surface area contributed by atoms with Gasteiger partial charge in [0.15, 0.2) is 0 Å². The molecule has 0 aliphatic carbocycles. The van der Waals surface area contributed by atoms with E-state index in [1.54, 1.807) is 12.1 Å². The third-order valence-electron chi connectivity index (χ3n) is 2.04. The molecular formula is C10H15NO2S. The van der Waals surface area contributed by atoms with Crippen LogP contribution in [0.2, 0.25) is 0 Å². The first-order valence-corrected chi connectivity index (χ1v) is 6.11. The van der Waals surface area contributed by atoms with Gasteiger partial charge in [-0.05, 0) is 31.2 Å². The minimum atomic E-state index is -3.28. The van der Waals surface area contributed by atoms with E-state index in [2.05, 4.69) is 11.6 Å². The fourth-order valence-electron chi connectivity index (χ4n) is 1.24. The molecule has 0 unspecified atom stereocenters. The highest BCUT2D eigenvalue weighted by Crippen LogP contribution is 2.11. The molecule has 0 aliphatic rings. The second-order valence-corrected chi connectivity index (χ2v) is 4.99. The van der Waals surface area contributed by atoms with Crippen LogP contribution in [0.25, 0.3) is 0 Å². The maximum absolute atomic E-state index is 11.4. The Balaban J connectivity index is 2.94. The summed E-state index contributed by atoms with van der Waals surface area (Å²) >= 11 is 0. The van der Waals surface area contributed by atoms with E-state index in [1.165, 1.54) is 12.6 Å². The first-order valence-electron chi connectivity index (χ1n) is 4.62. The summed E-state index contributed by atoms with van der Waals surface area (Å²) in [5.41, 5.74) is 1.17. The van der Waals surface area contributed by atoms with Gasteiger partial charge in [0.1, 0.15) is 0 Å². The molecule has 1 N–H and O–H groups in total. The van der Waals surface area contributed by atoms with Gasteiger partial charge < -0.3 is 0 Å². The van der Waals surface area contributed by atoms with E-state index >= 15 is 0 Å². The Morgan fingerprint density at radius 2 is 1.79 bits per heavy atom. The smallest absolute Gasteiger partial charge is 0.214 e. The molecular weight excluding hydrogens is 198 g/mol. The van der Waals surface area contributed by atoms with Gasteiger partial charge in [0.2, 0.25) is 10.0 Å². The van der Waals surface area contributed by atoms with Crippen LogP contribution in [0.1, 0.15) is 18.9 Å². The van der Waals surface area contributed by atoms with Gasteiger partial charge in [-0.15, -0.1) is 0 Å². The largest absolute Gasteiger partial charge is 0.240 e. The predicted octanol–water partition coefficient (Wildman–Crippen LogP) is 1.55. The molecule has 0 saturated heterocycles. The van der Waals surface area contributed by atoms with Crippen LogP contribution in [-0.2, 0) is 16.4 Å². The predicted molar refractivity (Wildman–Crippen MR) is 56.7 cm³/mol. The van der Waals surface area contributed by atoms with Gasteiger partial charge in [-0.3, -0.25) is 0 Å². The number of nitrogens with one attached hydrogen (secondary N) is 1. The zero-order valence-electron chi connectivity index (χ0n) is 8.45. The Bertz CT molecular complexity index is 381. The highest BCUT2D eigenvalue weighted by molar-refractivity contribution is 7.89. The molecule has 0 spiro atoms. The lowest BCUT2D eigenvalue weighted by molar-refractivity contribution is 0.588. The van der Waals surface area contributed by atoms with Crippen LogP contribution in [0, 0.1) is 0 Å². The van der Waals surface area contributed by atoms with E-state index < -0.39 is 10.0 Å². The lowest BCUT2D eigenvalue weighted by atomic mass is 10.1. The number of benzene rings is 1. The summed E-state index contributed by atoms with van der Waals surface area (Å²) in [6.45, 7) is 2.10. The Morgan fingerprint density at radius 3 is 2.21 bits per heavy atom. The molecule has 1 rings (SSSR count). The Kier molecular flexibility index (Phi) is 3.66. The lowest BCUT2D eigenvalue weighted by Crippen LogP contribution is -2.18. The van der Waals surface area contributed by atoms with E-state index in [-0.39, 0.29) is 0 Å². The fourth-order valence-corrected chi connectivity index (χ4v) is 1.97. The summed E-state index contributed by atoms with van der Waals surface area (Å²) in [5.74, 6) is 0. The molecule has 0 saturated carbocycles. The first kappa shape index (κ1) is 11.2. The van der Waals surface area contributed by atoms with E-state index in [1.807, 2.05) is 12.1 Å². The van der Waals surface area contributed by atoms with Crippen LogP contribution >= 0.6 is 0 Å². The third-order valence-corrected chi connectivity index (χ3v) is 3.47. The summed E-state index contributed by atoms with van der Waals surface area (Å²) in [6.07, 6.45) is 2.05. The molecule has 14 heavy (non-hydrogen) atoms. The summed E-state index contributed by atoms with van der Waals surface area (Å²) in [6, 6.07) is 6.98. The first-order chi connectivity index (χ1) is 6.60. The van der Waals surface area contributed by atoms with Crippen LogP contribution in [0.5, 0.6) is 0 Å². The zero-order chi connectivity index (χ0) is 10.6. The molecule has 1 aromatic rings. The molecule has 3 nitrogen and oxygen atoms in total. The molecule has 0 radical (unpaired) electrons. The average Bonchev–Trinajstić information content (AvgIpc) is 2.19. The van der Waals surface area contributed by atoms with E-state index in [0.717, 1.165) is 12.8 Å². The van der Waals surface area contributed by atoms with Crippen molar-refractivity contribution in [2.24, 2.45) is 0 Å². The molecule has 0 fully saturated rings. The van der Waals surface area contributed by atoms with Crippen molar-refractivity contribution in [1.82, 2.24) is 4.72 Å². The maximum Gasteiger partial charge on any atom is 0.240 e. The SMILES string of the molecule is CCCc1ccc(S(=O)(=O)NC)cc1. The molecule has 1 aromatic carbocycles.